The van der Waals surface area contributed by atoms with Crippen molar-refractivity contribution in [2.24, 2.45) is 0 Å². The molecule has 0 saturated heterocycles. The summed E-state index contributed by atoms with van der Waals surface area (Å²) in [6.07, 6.45) is 6.88. The van der Waals surface area contributed by atoms with Crippen LogP contribution >= 0.6 is 0 Å². The summed E-state index contributed by atoms with van der Waals surface area (Å²) in [5, 5.41) is 8.72. The summed E-state index contributed by atoms with van der Waals surface area (Å²) < 4.78 is 0. The maximum atomic E-state index is 8.72. The average Bonchev–Trinajstić information content (AvgIpc) is 3.12. The molecule has 0 radical (unpaired) electrons. The third kappa shape index (κ3) is 5.55. The van der Waals surface area contributed by atoms with E-state index >= 15 is 0 Å². The van der Waals surface area contributed by atoms with E-state index in [-0.39, 0.29) is 6.61 Å². The van der Waals surface area contributed by atoms with Gasteiger partial charge in [0, 0.05) is 11.9 Å². The van der Waals surface area contributed by atoms with Gasteiger partial charge < -0.3 is 21.6 Å². The number of nitrogens with one attached hydrogen (secondary N) is 1. The van der Waals surface area contributed by atoms with Crippen LogP contribution in [0.1, 0.15) is 29.3 Å². The largest absolute Gasteiger partial charge is 0.397 e. The van der Waals surface area contributed by atoms with E-state index in [0.717, 1.165) is 28.8 Å². The summed E-state index contributed by atoms with van der Waals surface area (Å²) in [5.74, 6) is 0. The Morgan fingerprint density at radius 1 is 0.920 bits per heavy atom. The molecule has 1 heterocycles. The predicted molar refractivity (Wildman–Crippen MR) is 107 cm³/mol. The summed E-state index contributed by atoms with van der Waals surface area (Å²) >= 11 is 0. The van der Waals surface area contributed by atoms with Crippen molar-refractivity contribution < 1.29 is 5.11 Å². The van der Waals surface area contributed by atoms with Crippen LogP contribution in [0.2, 0.25) is 0 Å². The highest BCUT2D eigenvalue weighted by Crippen LogP contribution is 2.17. The van der Waals surface area contributed by atoms with E-state index in [9.17, 15) is 0 Å². The summed E-state index contributed by atoms with van der Waals surface area (Å²) in [7, 11) is 0. The molecule has 0 aliphatic rings. The lowest BCUT2D eigenvalue weighted by atomic mass is 10.1. The number of rotatable bonds is 4. The van der Waals surface area contributed by atoms with Crippen LogP contribution in [0.15, 0.2) is 60.8 Å². The second-order valence-electron chi connectivity index (χ2n) is 5.63. The van der Waals surface area contributed by atoms with Crippen molar-refractivity contribution >= 4 is 23.5 Å². The zero-order valence-electron chi connectivity index (χ0n) is 14.4. The fourth-order valence-electron chi connectivity index (χ4n) is 2.37. The number of nitrogens with two attached hydrogens (primary N) is 2. The molecule has 0 bridgehead atoms. The van der Waals surface area contributed by atoms with Crippen LogP contribution in [-0.4, -0.2) is 10.1 Å². The highest BCUT2D eigenvalue weighted by molar-refractivity contribution is 5.74. The van der Waals surface area contributed by atoms with Crippen molar-refractivity contribution in [2.75, 3.05) is 11.5 Å². The minimum atomic E-state index is 0.146. The molecule has 0 aliphatic carbocycles. The molecule has 0 aliphatic heterocycles. The number of aromatic nitrogens is 1. The molecule has 3 aromatic rings. The first-order chi connectivity index (χ1) is 12.1. The van der Waals surface area contributed by atoms with Gasteiger partial charge >= 0.3 is 0 Å². The molecule has 25 heavy (non-hydrogen) atoms. The van der Waals surface area contributed by atoms with Crippen molar-refractivity contribution in [3.05, 3.63) is 83.2 Å². The lowest BCUT2D eigenvalue weighted by Gasteiger charge is -2.00. The normalized spacial score (nSPS) is 10.5. The van der Waals surface area contributed by atoms with Gasteiger partial charge in [0.2, 0.25) is 0 Å². The van der Waals surface area contributed by atoms with Crippen LogP contribution in [0.3, 0.4) is 0 Å². The second kappa shape index (κ2) is 9.35. The molecular weight excluding hydrogens is 310 g/mol. The number of nitrogen functional groups attached to an aromatic ring is 2. The lowest BCUT2D eigenvalue weighted by Crippen LogP contribution is -1.93. The van der Waals surface area contributed by atoms with E-state index < -0.39 is 0 Å². The Morgan fingerprint density at radius 2 is 1.64 bits per heavy atom. The number of aromatic amines is 1. The van der Waals surface area contributed by atoms with Gasteiger partial charge in [-0.15, -0.1) is 0 Å². The number of anilines is 2. The maximum absolute atomic E-state index is 8.72. The molecule has 2 aromatic carbocycles. The Labute approximate surface area is 148 Å². The van der Waals surface area contributed by atoms with Crippen LogP contribution in [0, 0.1) is 0 Å². The highest BCUT2D eigenvalue weighted by Gasteiger charge is 1.97. The van der Waals surface area contributed by atoms with E-state index in [2.05, 4.69) is 24.0 Å². The third-order valence-electron chi connectivity index (χ3n) is 3.83. The summed E-state index contributed by atoms with van der Waals surface area (Å²) in [4.78, 5) is 3.05. The topological polar surface area (TPSA) is 88.1 Å². The number of aryl methyl sites for hydroxylation is 1. The van der Waals surface area contributed by atoms with Crippen molar-refractivity contribution in [2.45, 2.75) is 20.0 Å². The van der Waals surface area contributed by atoms with Gasteiger partial charge in [0.15, 0.2) is 0 Å². The number of benzene rings is 2. The van der Waals surface area contributed by atoms with Gasteiger partial charge in [0.25, 0.3) is 0 Å². The number of hydrogen-bond acceptors (Lipinski definition) is 3. The monoisotopic (exact) mass is 335 g/mol. The quantitative estimate of drug-likeness (QED) is 0.428. The van der Waals surface area contributed by atoms with Crippen molar-refractivity contribution in [3.8, 4) is 0 Å². The zero-order valence-corrected chi connectivity index (χ0v) is 14.4. The van der Waals surface area contributed by atoms with Crippen molar-refractivity contribution in [3.63, 3.8) is 0 Å². The van der Waals surface area contributed by atoms with Gasteiger partial charge in [-0.25, -0.2) is 0 Å². The summed E-state index contributed by atoms with van der Waals surface area (Å²) in [5.41, 5.74) is 17.0. The molecule has 0 saturated carbocycles. The van der Waals surface area contributed by atoms with Crippen LogP contribution in [-0.2, 0) is 13.0 Å². The van der Waals surface area contributed by atoms with E-state index in [1.165, 1.54) is 0 Å². The van der Waals surface area contributed by atoms with Crippen LogP contribution < -0.4 is 11.5 Å². The smallest absolute Gasteiger partial charge is 0.0699 e. The first-order valence-corrected chi connectivity index (χ1v) is 8.28. The van der Waals surface area contributed by atoms with Gasteiger partial charge in [-0.1, -0.05) is 55.5 Å². The number of H-pyrrole nitrogens is 1. The highest BCUT2D eigenvalue weighted by atomic mass is 16.3. The molecular formula is C21H25N3O. The number of aliphatic hydroxyl groups is 1. The van der Waals surface area contributed by atoms with Crippen molar-refractivity contribution in [1.29, 1.82) is 0 Å². The van der Waals surface area contributed by atoms with Crippen LogP contribution in [0.25, 0.3) is 12.2 Å². The van der Waals surface area contributed by atoms with Crippen LogP contribution in [0.5, 0.6) is 0 Å². The van der Waals surface area contributed by atoms with E-state index in [1.807, 2.05) is 60.8 Å². The lowest BCUT2D eigenvalue weighted by molar-refractivity contribution is 0.281. The molecule has 1 aromatic heterocycles. The minimum absolute atomic E-state index is 0.146. The summed E-state index contributed by atoms with van der Waals surface area (Å²) in [6.45, 7) is 2.21. The average molecular weight is 335 g/mol. The Morgan fingerprint density at radius 3 is 2.24 bits per heavy atom. The van der Waals surface area contributed by atoms with Gasteiger partial charge in [-0.2, -0.15) is 0 Å². The molecule has 130 valence electrons. The molecule has 0 unspecified atom stereocenters. The Balaban J connectivity index is 0.000000212. The van der Waals surface area contributed by atoms with Crippen LogP contribution in [0.4, 0.5) is 11.4 Å². The molecule has 6 N–H and O–H groups in total. The summed E-state index contributed by atoms with van der Waals surface area (Å²) in [6, 6.07) is 17.7. The SMILES string of the molecule is CCc1[nH]ccc1CO.Nc1ccc(C=Cc2ccccc2)cc1N. The van der Waals surface area contributed by atoms with Gasteiger partial charge in [0.05, 0.1) is 18.0 Å². The Kier molecular flexibility index (Phi) is 6.87. The van der Waals surface area contributed by atoms with E-state index in [0.29, 0.717) is 11.4 Å². The molecule has 0 amide bonds. The molecule has 4 nitrogen and oxygen atoms in total. The zero-order chi connectivity index (χ0) is 18.1. The Hall–Kier alpha value is -2.98. The third-order valence-corrected chi connectivity index (χ3v) is 3.83. The number of hydrogen-bond donors (Lipinski definition) is 4. The number of aliphatic hydroxyl groups excluding tert-OH is 1. The molecule has 4 heteroatoms. The first kappa shape index (κ1) is 18.4. The first-order valence-electron chi connectivity index (χ1n) is 8.28. The molecule has 0 spiro atoms. The van der Waals surface area contributed by atoms with Gasteiger partial charge in [-0.3, -0.25) is 0 Å². The Bertz CT molecular complexity index is 789. The molecule has 0 atom stereocenters. The molecule has 0 fully saturated rings. The standard InChI is InChI=1S/C14H14N2.C7H11NO/c15-13-9-8-12(10-14(13)16)7-6-11-4-2-1-3-5-11;1-2-7-6(5-9)3-4-8-7/h1-10H,15-16H2;3-4,8-9H,2,5H2,1H3. The second-order valence-corrected chi connectivity index (χ2v) is 5.63. The van der Waals surface area contributed by atoms with E-state index in [4.69, 9.17) is 16.6 Å². The fourth-order valence-corrected chi connectivity index (χ4v) is 2.37. The van der Waals surface area contributed by atoms with Gasteiger partial charge in [0.1, 0.15) is 0 Å². The van der Waals surface area contributed by atoms with Gasteiger partial charge in [-0.05, 0) is 41.3 Å². The maximum Gasteiger partial charge on any atom is 0.0699 e. The van der Waals surface area contributed by atoms with E-state index in [1.54, 1.807) is 0 Å². The van der Waals surface area contributed by atoms with Crippen molar-refractivity contribution in [1.82, 2.24) is 4.98 Å². The minimum Gasteiger partial charge on any atom is -0.397 e. The fraction of sp³-hybridized carbons (Fsp3) is 0.143. The molecule has 3 rings (SSSR count). The predicted octanol–water partition coefficient (Wildman–Crippen LogP) is 4.09.